The molecule has 0 bridgehead atoms. The van der Waals surface area contributed by atoms with Gasteiger partial charge in [0.25, 0.3) is 5.91 Å². The third-order valence-electron chi connectivity index (χ3n) is 3.91. The lowest BCUT2D eigenvalue weighted by atomic mass is 10.1. The van der Waals surface area contributed by atoms with E-state index in [2.05, 4.69) is 16.1 Å². The van der Waals surface area contributed by atoms with Gasteiger partial charge in [0.05, 0.1) is 6.54 Å². The lowest BCUT2D eigenvalue weighted by Crippen LogP contribution is -2.26. The average Bonchev–Trinajstić information content (AvgIpc) is 3.06. The van der Waals surface area contributed by atoms with Crippen LogP contribution in [0.5, 0.6) is 0 Å². The SMILES string of the molecule is Cc1cc(C)cc(N(C)C(=O)c2ccc(Cn3cncn3)cc2)c1. The minimum Gasteiger partial charge on any atom is -0.311 e. The summed E-state index contributed by atoms with van der Waals surface area (Å²) in [5, 5.41) is 4.08. The molecule has 5 nitrogen and oxygen atoms in total. The van der Waals surface area contributed by atoms with Crippen molar-refractivity contribution in [2.45, 2.75) is 20.4 Å². The molecule has 1 amide bonds. The van der Waals surface area contributed by atoms with Gasteiger partial charge in [-0.1, -0.05) is 18.2 Å². The van der Waals surface area contributed by atoms with E-state index in [1.165, 1.54) is 6.33 Å². The van der Waals surface area contributed by atoms with E-state index >= 15 is 0 Å². The standard InChI is InChI=1S/C19H20N4O/c1-14-8-15(2)10-18(9-14)22(3)19(24)17-6-4-16(5-7-17)11-23-13-20-12-21-23/h4-10,12-13H,11H2,1-3H3. The monoisotopic (exact) mass is 320 g/mol. The molecular formula is C19H20N4O. The Labute approximate surface area is 141 Å². The number of carbonyl (C=O) groups excluding carboxylic acids is 1. The molecule has 24 heavy (non-hydrogen) atoms. The molecule has 0 N–H and O–H groups in total. The van der Waals surface area contributed by atoms with Crippen LogP contribution >= 0.6 is 0 Å². The number of carbonyl (C=O) groups is 1. The number of nitrogens with zero attached hydrogens (tertiary/aromatic N) is 4. The van der Waals surface area contributed by atoms with Crippen LogP contribution in [0, 0.1) is 13.8 Å². The Morgan fingerprint density at radius 2 is 1.75 bits per heavy atom. The van der Waals surface area contributed by atoms with Crippen molar-refractivity contribution in [2.75, 3.05) is 11.9 Å². The molecule has 0 saturated carbocycles. The van der Waals surface area contributed by atoms with Gasteiger partial charge in [0.1, 0.15) is 12.7 Å². The van der Waals surface area contributed by atoms with Crippen LogP contribution in [0.2, 0.25) is 0 Å². The summed E-state index contributed by atoms with van der Waals surface area (Å²) < 4.78 is 1.75. The molecule has 122 valence electrons. The van der Waals surface area contributed by atoms with E-state index in [0.29, 0.717) is 12.1 Å². The number of aromatic nitrogens is 3. The highest BCUT2D eigenvalue weighted by Gasteiger charge is 2.14. The molecule has 3 rings (SSSR count). The lowest BCUT2D eigenvalue weighted by molar-refractivity contribution is 0.0993. The maximum Gasteiger partial charge on any atom is 0.258 e. The summed E-state index contributed by atoms with van der Waals surface area (Å²) in [6.45, 7) is 4.71. The number of hydrogen-bond acceptors (Lipinski definition) is 3. The van der Waals surface area contributed by atoms with Crippen LogP contribution in [0.3, 0.4) is 0 Å². The lowest BCUT2D eigenvalue weighted by Gasteiger charge is -2.19. The molecule has 0 spiro atoms. The molecule has 0 saturated heterocycles. The van der Waals surface area contributed by atoms with Crippen molar-refractivity contribution in [3.8, 4) is 0 Å². The van der Waals surface area contributed by atoms with E-state index in [1.54, 1.807) is 23.0 Å². The fourth-order valence-corrected chi connectivity index (χ4v) is 2.71. The van der Waals surface area contributed by atoms with Crippen LogP contribution in [0.25, 0.3) is 0 Å². The summed E-state index contributed by atoms with van der Waals surface area (Å²) in [6, 6.07) is 13.7. The van der Waals surface area contributed by atoms with Gasteiger partial charge in [-0.15, -0.1) is 0 Å². The van der Waals surface area contributed by atoms with Gasteiger partial charge in [-0.3, -0.25) is 4.79 Å². The smallest absolute Gasteiger partial charge is 0.258 e. The Balaban J connectivity index is 1.76. The first-order valence-corrected chi connectivity index (χ1v) is 7.80. The Bertz CT molecular complexity index is 818. The first kappa shape index (κ1) is 15.9. The molecule has 2 aromatic carbocycles. The van der Waals surface area contributed by atoms with Gasteiger partial charge < -0.3 is 4.90 Å². The van der Waals surface area contributed by atoms with Crippen molar-refractivity contribution < 1.29 is 4.79 Å². The molecule has 1 aromatic heterocycles. The summed E-state index contributed by atoms with van der Waals surface area (Å²) in [5.74, 6) is -0.0210. The summed E-state index contributed by atoms with van der Waals surface area (Å²) in [6.07, 6.45) is 3.18. The second-order valence-corrected chi connectivity index (χ2v) is 6.00. The van der Waals surface area contributed by atoms with E-state index in [9.17, 15) is 4.79 Å². The summed E-state index contributed by atoms with van der Waals surface area (Å²) in [7, 11) is 1.81. The molecule has 0 fully saturated rings. The van der Waals surface area contributed by atoms with E-state index in [-0.39, 0.29) is 5.91 Å². The van der Waals surface area contributed by atoms with Gasteiger partial charge >= 0.3 is 0 Å². The Morgan fingerprint density at radius 1 is 1.08 bits per heavy atom. The molecule has 0 aliphatic heterocycles. The van der Waals surface area contributed by atoms with Gasteiger partial charge in [-0.25, -0.2) is 9.67 Å². The first-order valence-electron chi connectivity index (χ1n) is 7.80. The third-order valence-corrected chi connectivity index (χ3v) is 3.91. The third kappa shape index (κ3) is 3.51. The van der Waals surface area contributed by atoms with Crippen molar-refractivity contribution in [2.24, 2.45) is 0 Å². The highest BCUT2D eigenvalue weighted by atomic mass is 16.2. The minimum absolute atomic E-state index is 0.0210. The first-order chi connectivity index (χ1) is 11.5. The summed E-state index contributed by atoms with van der Waals surface area (Å²) in [5.41, 5.74) is 4.94. The molecule has 1 heterocycles. The molecule has 0 radical (unpaired) electrons. The fraction of sp³-hybridized carbons (Fsp3) is 0.211. The highest BCUT2D eigenvalue weighted by Crippen LogP contribution is 2.20. The van der Waals surface area contributed by atoms with Crippen LogP contribution in [0.4, 0.5) is 5.69 Å². The number of rotatable bonds is 4. The maximum absolute atomic E-state index is 12.7. The molecule has 5 heteroatoms. The van der Waals surface area contributed by atoms with Gasteiger partial charge in [-0.05, 0) is 54.8 Å². The zero-order valence-electron chi connectivity index (χ0n) is 14.1. The maximum atomic E-state index is 12.7. The summed E-state index contributed by atoms with van der Waals surface area (Å²) >= 11 is 0. The Kier molecular flexibility index (Phi) is 4.42. The van der Waals surface area contributed by atoms with E-state index < -0.39 is 0 Å². The van der Waals surface area contributed by atoms with Gasteiger partial charge in [0.15, 0.2) is 0 Å². The summed E-state index contributed by atoms with van der Waals surface area (Å²) in [4.78, 5) is 18.3. The number of hydrogen-bond donors (Lipinski definition) is 0. The van der Waals surface area contributed by atoms with Crippen LogP contribution in [-0.2, 0) is 6.54 Å². The Morgan fingerprint density at radius 3 is 2.33 bits per heavy atom. The molecule has 0 aliphatic rings. The van der Waals surface area contributed by atoms with Crippen LogP contribution in [-0.4, -0.2) is 27.7 Å². The van der Waals surface area contributed by atoms with Crippen molar-refractivity contribution in [3.05, 3.63) is 77.4 Å². The molecular weight excluding hydrogens is 300 g/mol. The topological polar surface area (TPSA) is 51.0 Å². The zero-order chi connectivity index (χ0) is 17.1. The quantitative estimate of drug-likeness (QED) is 0.741. The second kappa shape index (κ2) is 6.66. The minimum atomic E-state index is -0.0210. The fourth-order valence-electron chi connectivity index (χ4n) is 2.71. The van der Waals surface area contributed by atoms with E-state index in [0.717, 1.165) is 22.4 Å². The Hall–Kier alpha value is -2.95. The van der Waals surface area contributed by atoms with Crippen LogP contribution < -0.4 is 4.90 Å². The molecule has 3 aromatic rings. The number of aryl methyl sites for hydroxylation is 2. The van der Waals surface area contributed by atoms with E-state index in [1.807, 2.05) is 50.2 Å². The van der Waals surface area contributed by atoms with Gasteiger partial charge in [0.2, 0.25) is 0 Å². The number of benzene rings is 2. The van der Waals surface area contributed by atoms with Crippen molar-refractivity contribution in [3.63, 3.8) is 0 Å². The van der Waals surface area contributed by atoms with Crippen LogP contribution in [0.1, 0.15) is 27.0 Å². The largest absolute Gasteiger partial charge is 0.311 e. The molecule has 0 aliphatic carbocycles. The average molecular weight is 320 g/mol. The highest BCUT2D eigenvalue weighted by molar-refractivity contribution is 6.05. The predicted octanol–water partition coefficient (Wildman–Crippen LogP) is 3.22. The van der Waals surface area contributed by atoms with Crippen molar-refractivity contribution in [1.29, 1.82) is 0 Å². The second-order valence-electron chi connectivity index (χ2n) is 6.00. The van der Waals surface area contributed by atoms with Crippen molar-refractivity contribution in [1.82, 2.24) is 14.8 Å². The number of anilines is 1. The predicted molar refractivity (Wildman–Crippen MR) is 94.2 cm³/mol. The van der Waals surface area contributed by atoms with Gasteiger partial charge in [-0.2, -0.15) is 5.10 Å². The zero-order valence-corrected chi connectivity index (χ0v) is 14.1. The van der Waals surface area contributed by atoms with Crippen LogP contribution in [0.15, 0.2) is 55.1 Å². The van der Waals surface area contributed by atoms with Gasteiger partial charge in [0, 0.05) is 18.3 Å². The number of amides is 1. The molecule has 0 atom stereocenters. The van der Waals surface area contributed by atoms with E-state index in [4.69, 9.17) is 0 Å². The molecule has 0 unspecified atom stereocenters. The normalized spacial score (nSPS) is 10.6. The van der Waals surface area contributed by atoms with Crippen molar-refractivity contribution >= 4 is 11.6 Å².